The number of nitrogens with one attached hydrogen (secondary N) is 1. The molecule has 3 aromatic rings. The van der Waals surface area contributed by atoms with Crippen molar-refractivity contribution >= 4 is 49.9 Å². The molecule has 1 atom stereocenters. The molecule has 10 nitrogen and oxygen atoms in total. The lowest BCUT2D eigenvalue weighted by molar-refractivity contribution is 0.102. The number of amides is 1. The van der Waals surface area contributed by atoms with Crippen molar-refractivity contribution in [2.75, 3.05) is 72.5 Å². The molecule has 0 aromatic carbocycles. The Bertz CT molecular complexity index is 1240. The lowest BCUT2D eigenvalue weighted by atomic mass is 10.1. The van der Waals surface area contributed by atoms with Crippen LogP contribution in [-0.4, -0.2) is 84.6 Å². The average Bonchev–Trinajstić information content (AvgIpc) is 3.55. The molecule has 3 aromatic heterocycles. The van der Waals surface area contributed by atoms with Crippen molar-refractivity contribution in [3.63, 3.8) is 0 Å². The SMILES string of the molecule is O=C(Nc1cc2sc(N3CCOCC3)nc2nc1N1CCCCC1)c1cc(N2CCC(O)C2)ccn1. The number of piperidine rings is 1. The van der Waals surface area contributed by atoms with Crippen LogP contribution in [-0.2, 0) is 4.74 Å². The van der Waals surface area contributed by atoms with Gasteiger partial charge in [-0.1, -0.05) is 11.3 Å². The van der Waals surface area contributed by atoms with Crippen LogP contribution in [0.15, 0.2) is 24.4 Å². The summed E-state index contributed by atoms with van der Waals surface area (Å²) in [6, 6.07) is 5.68. The summed E-state index contributed by atoms with van der Waals surface area (Å²) in [5.41, 5.74) is 2.65. The minimum atomic E-state index is -0.331. The highest BCUT2D eigenvalue weighted by molar-refractivity contribution is 7.22. The Balaban J connectivity index is 1.30. The van der Waals surface area contributed by atoms with Crippen LogP contribution in [0.3, 0.4) is 0 Å². The summed E-state index contributed by atoms with van der Waals surface area (Å²) >= 11 is 1.60. The third-order valence-corrected chi connectivity index (χ3v) is 8.09. The van der Waals surface area contributed by atoms with E-state index < -0.39 is 0 Å². The zero-order chi connectivity index (χ0) is 24.5. The Morgan fingerprint density at radius 3 is 2.64 bits per heavy atom. The number of rotatable bonds is 5. The van der Waals surface area contributed by atoms with E-state index in [-0.39, 0.29) is 12.0 Å². The number of hydrogen-bond donors (Lipinski definition) is 2. The van der Waals surface area contributed by atoms with E-state index in [0.717, 1.165) is 73.3 Å². The number of β-amino-alcohol motifs (C(OH)–C–C–N with tert-alkyl or cyclic N) is 1. The topological polar surface area (TPSA) is 107 Å². The molecule has 0 saturated carbocycles. The van der Waals surface area contributed by atoms with Crippen LogP contribution in [0.5, 0.6) is 0 Å². The number of nitrogens with zero attached hydrogens (tertiary/aromatic N) is 6. The Morgan fingerprint density at radius 2 is 1.86 bits per heavy atom. The molecule has 11 heteroatoms. The van der Waals surface area contributed by atoms with Gasteiger partial charge >= 0.3 is 0 Å². The minimum Gasteiger partial charge on any atom is -0.391 e. The summed E-state index contributed by atoms with van der Waals surface area (Å²) in [4.78, 5) is 34.0. The van der Waals surface area contributed by atoms with Crippen LogP contribution in [0.2, 0.25) is 0 Å². The standard InChI is InChI=1S/C25H31N7O3S/c33-18-5-9-32(16-18)17-4-6-26-20(14-17)24(34)27-19-15-21-22(28-23(19)30-7-2-1-3-8-30)29-25(36-21)31-10-12-35-13-11-31/h4,6,14-15,18,33H,1-3,5,7-13,16H2,(H,27,34). The van der Waals surface area contributed by atoms with Crippen molar-refractivity contribution in [2.45, 2.75) is 31.8 Å². The van der Waals surface area contributed by atoms with E-state index in [1.54, 1.807) is 23.6 Å². The second-order valence-corrected chi connectivity index (χ2v) is 10.6. The number of thiazole rings is 1. The Labute approximate surface area is 213 Å². The van der Waals surface area contributed by atoms with E-state index in [1.165, 1.54) is 6.42 Å². The largest absolute Gasteiger partial charge is 0.391 e. The molecular weight excluding hydrogens is 478 g/mol. The predicted molar refractivity (Wildman–Crippen MR) is 142 cm³/mol. The van der Waals surface area contributed by atoms with Gasteiger partial charge < -0.3 is 29.9 Å². The van der Waals surface area contributed by atoms with E-state index in [4.69, 9.17) is 14.7 Å². The quantitative estimate of drug-likeness (QED) is 0.537. The van der Waals surface area contributed by atoms with Gasteiger partial charge in [0.1, 0.15) is 5.69 Å². The predicted octanol–water partition coefficient (Wildman–Crippen LogP) is 2.74. The molecular formula is C25H31N7O3S. The van der Waals surface area contributed by atoms with Gasteiger partial charge in [0, 0.05) is 51.2 Å². The van der Waals surface area contributed by atoms with Gasteiger partial charge in [0.2, 0.25) is 0 Å². The van der Waals surface area contributed by atoms with E-state index in [1.807, 2.05) is 12.1 Å². The molecule has 0 spiro atoms. The number of ether oxygens (including phenoxy) is 1. The second-order valence-electron chi connectivity index (χ2n) is 9.57. The summed E-state index contributed by atoms with van der Waals surface area (Å²) in [6.45, 7) is 6.19. The molecule has 36 heavy (non-hydrogen) atoms. The van der Waals surface area contributed by atoms with Crippen molar-refractivity contribution in [1.29, 1.82) is 0 Å². The van der Waals surface area contributed by atoms with Crippen molar-refractivity contribution in [3.8, 4) is 0 Å². The smallest absolute Gasteiger partial charge is 0.274 e. The molecule has 1 unspecified atom stereocenters. The first-order valence-electron chi connectivity index (χ1n) is 12.7. The third kappa shape index (κ3) is 4.82. The molecule has 3 aliphatic heterocycles. The van der Waals surface area contributed by atoms with Gasteiger partial charge in [-0.3, -0.25) is 9.78 Å². The highest BCUT2D eigenvalue weighted by Crippen LogP contribution is 2.35. The van der Waals surface area contributed by atoms with Crippen LogP contribution in [0.1, 0.15) is 36.2 Å². The highest BCUT2D eigenvalue weighted by Gasteiger charge is 2.24. The molecule has 6 rings (SSSR count). The lowest BCUT2D eigenvalue weighted by Crippen LogP contribution is -2.36. The van der Waals surface area contributed by atoms with Crippen LogP contribution in [0, 0.1) is 0 Å². The number of carbonyl (C=O) groups excluding carboxylic acids is 1. The summed E-state index contributed by atoms with van der Waals surface area (Å²) < 4.78 is 6.43. The molecule has 190 valence electrons. The molecule has 3 fully saturated rings. The maximum absolute atomic E-state index is 13.3. The lowest BCUT2D eigenvalue weighted by Gasteiger charge is -2.29. The number of morpholine rings is 1. The number of aromatic nitrogens is 3. The van der Waals surface area contributed by atoms with E-state index >= 15 is 0 Å². The van der Waals surface area contributed by atoms with Gasteiger partial charge in [-0.25, -0.2) is 4.98 Å². The normalized spacial score (nSPS) is 20.8. The zero-order valence-corrected chi connectivity index (χ0v) is 21.0. The summed E-state index contributed by atoms with van der Waals surface area (Å²) in [5, 5.41) is 13.9. The fourth-order valence-electron chi connectivity index (χ4n) is 5.07. The van der Waals surface area contributed by atoms with Crippen molar-refractivity contribution in [3.05, 3.63) is 30.1 Å². The van der Waals surface area contributed by atoms with E-state index in [0.29, 0.717) is 36.8 Å². The summed E-state index contributed by atoms with van der Waals surface area (Å²) in [7, 11) is 0. The maximum Gasteiger partial charge on any atom is 0.274 e. The number of anilines is 4. The zero-order valence-electron chi connectivity index (χ0n) is 20.2. The second kappa shape index (κ2) is 10.2. The highest BCUT2D eigenvalue weighted by atomic mass is 32.1. The third-order valence-electron chi connectivity index (χ3n) is 7.04. The first-order chi connectivity index (χ1) is 17.6. The molecule has 3 saturated heterocycles. The average molecular weight is 510 g/mol. The number of aliphatic hydroxyl groups is 1. The van der Waals surface area contributed by atoms with E-state index in [2.05, 4.69) is 25.0 Å². The van der Waals surface area contributed by atoms with Gasteiger partial charge in [0.05, 0.1) is 29.7 Å². The summed E-state index contributed by atoms with van der Waals surface area (Å²) in [6.07, 6.45) is 5.47. The van der Waals surface area contributed by atoms with Gasteiger partial charge in [-0.05, 0) is 43.9 Å². The number of hydrogen-bond acceptors (Lipinski definition) is 10. The number of aliphatic hydroxyl groups excluding tert-OH is 1. The Kier molecular flexibility index (Phi) is 6.60. The van der Waals surface area contributed by atoms with Gasteiger partial charge in [-0.2, -0.15) is 4.98 Å². The van der Waals surface area contributed by atoms with Crippen molar-refractivity contribution < 1.29 is 14.6 Å². The minimum absolute atomic E-state index is 0.270. The Hall–Kier alpha value is -3.02. The Morgan fingerprint density at radius 1 is 1.03 bits per heavy atom. The van der Waals surface area contributed by atoms with Gasteiger partial charge in [0.25, 0.3) is 5.91 Å². The number of carbonyl (C=O) groups is 1. The number of pyridine rings is 2. The van der Waals surface area contributed by atoms with Crippen LogP contribution < -0.4 is 20.0 Å². The van der Waals surface area contributed by atoms with Gasteiger partial charge in [-0.15, -0.1) is 0 Å². The fraction of sp³-hybridized carbons (Fsp3) is 0.520. The molecule has 0 bridgehead atoms. The molecule has 0 radical (unpaired) electrons. The summed E-state index contributed by atoms with van der Waals surface area (Å²) in [5.74, 6) is 0.502. The molecule has 6 heterocycles. The maximum atomic E-state index is 13.3. The first kappa shape index (κ1) is 23.4. The molecule has 0 aliphatic carbocycles. The monoisotopic (exact) mass is 509 g/mol. The van der Waals surface area contributed by atoms with Crippen molar-refractivity contribution in [1.82, 2.24) is 15.0 Å². The van der Waals surface area contributed by atoms with Crippen molar-refractivity contribution in [2.24, 2.45) is 0 Å². The fourth-order valence-corrected chi connectivity index (χ4v) is 6.07. The first-order valence-corrected chi connectivity index (χ1v) is 13.6. The number of fused-ring (bicyclic) bond motifs is 1. The van der Waals surface area contributed by atoms with Crippen LogP contribution in [0.25, 0.3) is 10.3 Å². The van der Waals surface area contributed by atoms with Crippen LogP contribution >= 0.6 is 11.3 Å². The molecule has 2 N–H and O–H groups in total. The van der Waals surface area contributed by atoms with Crippen LogP contribution in [0.4, 0.5) is 22.3 Å². The van der Waals surface area contributed by atoms with E-state index in [9.17, 15) is 9.90 Å². The molecule has 1 amide bonds. The molecule has 3 aliphatic rings. The van der Waals surface area contributed by atoms with Gasteiger partial charge in [0.15, 0.2) is 16.6 Å².